The number of rotatable bonds is 5. The van der Waals surface area contributed by atoms with Gasteiger partial charge in [-0.3, -0.25) is 4.79 Å². The molecule has 0 bridgehead atoms. The molecule has 0 saturated carbocycles. The van der Waals surface area contributed by atoms with Gasteiger partial charge in [0, 0.05) is 36.6 Å². The van der Waals surface area contributed by atoms with Crippen molar-refractivity contribution in [2.45, 2.75) is 45.4 Å². The number of hydrogen-bond acceptors (Lipinski definition) is 3. The van der Waals surface area contributed by atoms with E-state index in [0.29, 0.717) is 25.3 Å². The summed E-state index contributed by atoms with van der Waals surface area (Å²) in [5, 5.41) is 10.6. The Morgan fingerprint density at radius 3 is 2.56 bits per heavy atom. The quantitative estimate of drug-likeness (QED) is 0.537. The lowest BCUT2D eigenvalue weighted by Crippen LogP contribution is -2.44. The summed E-state index contributed by atoms with van der Waals surface area (Å²) in [7, 11) is 0. The number of benzene rings is 2. The largest absolute Gasteiger partial charge is 0.338 e. The van der Waals surface area contributed by atoms with Crippen molar-refractivity contribution in [3.8, 4) is 5.69 Å². The average Bonchev–Trinajstić information content (AvgIpc) is 3.29. The summed E-state index contributed by atoms with van der Waals surface area (Å²) < 4.78 is 15.3. The molecule has 1 unspecified atom stereocenters. The van der Waals surface area contributed by atoms with E-state index in [2.05, 4.69) is 10.6 Å². The molecule has 2 aromatic carbocycles. The molecule has 2 heterocycles. The number of hydrogen-bond donors (Lipinski definition) is 2. The third kappa shape index (κ3) is 5.27. The fourth-order valence-corrected chi connectivity index (χ4v) is 5.18. The van der Waals surface area contributed by atoms with Crippen LogP contribution in [0.15, 0.2) is 48.5 Å². The number of nitrogens with zero attached hydrogens (tertiary/aromatic N) is 3. The number of carbonyl (C=O) groups is 2. The van der Waals surface area contributed by atoms with Crippen LogP contribution in [-0.2, 0) is 12.8 Å². The van der Waals surface area contributed by atoms with Gasteiger partial charge in [0.15, 0.2) is 5.69 Å². The highest BCUT2D eigenvalue weighted by Crippen LogP contribution is 2.29. The van der Waals surface area contributed by atoms with Gasteiger partial charge in [-0.1, -0.05) is 17.7 Å². The van der Waals surface area contributed by atoms with Crippen molar-refractivity contribution >= 4 is 17.6 Å². The van der Waals surface area contributed by atoms with Crippen LogP contribution in [0.4, 0.5) is 14.9 Å². The first-order valence-corrected chi connectivity index (χ1v) is 12.8. The van der Waals surface area contributed by atoms with E-state index < -0.39 is 0 Å². The summed E-state index contributed by atoms with van der Waals surface area (Å²) in [5.74, 6) is -0.166. The van der Waals surface area contributed by atoms with Gasteiger partial charge in [-0.2, -0.15) is 5.10 Å². The second-order valence-corrected chi connectivity index (χ2v) is 9.83. The summed E-state index contributed by atoms with van der Waals surface area (Å²) in [6.45, 7) is 3.78. The first kappa shape index (κ1) is 24.0. The van der Waals surface area contributed by atoms with E-state index in [-0.39, 0.29) is 23.7 Å². The molecule has 3 amide bonds. The first-order chi connectivity index (χ1) is 17.5. The van der Waals surface area contributed by atoms with Gasteiger partial charge in [0.25, 0.3) is 5.91 Å². The van der Waals surface area contributed by atoms with E-state index in [1.165, 1.54) is 12.1 Å². The molecule has 1 fully saturated rings. The molecular formula is C28H32FN5O2. The minimum Gasteiger partial charge on any atom is -0.338 e. The Morgan fingerprint density at radius 2 is 1.78 bits per heavy atom. The zero-order chi connectivity index (χ0) is 25.1. The van der Waals surface area contributed by atoms with Gasteiger partial charge < -0.3 is 15.5 Å². The summed E-state index contributed by atoms with van der Waals surface area (Å²) in [4.78, 5) is 27.8. The number of urea groups is 1. The Hall–Kier alpha value is -3.68. The molecule has 36 heavy (non-hydrogen) atoms. The Bertz CT molecular complexity index is 1240. The van der Waals surface area contributed by atoms with E-state index >= 15 is 0 Å². The standard InChI is InChI=1S/C28H32FN5O2/c1-19-8-12-22(13-9-19)31-28(36)30-17-20-5-4-16-33(18-20)27(35)26-24-6-2-3-7-25(24)34(32-26)23-14-10-21(29)11-15-23/h8-15,20H,2-7,16-18H2,1H3,(H2,30,31,36). The molecule has 8 heteroatoms. The zero-order valence-electron chi connectivity index (χ0n) is 20.6. The number of anilines is 1. The van der Waals surface area contributed by atoms with Crippen LogP contribution in [0.2, 0.25) is 0 Å². The molecule has 1 saturated heterocycles. The van der Waals surface area contributed by atoms with Crippen LogP contribution in [0, 0.1) is 18.7 Å². The van der Waals surface area contributed by atoms with Crippen LogP contribution in [0.3, 0.4) is 0 Å². The van der Waals surface area contributed by atoms with Crippen molar-refractivity contribution in [2.24, 2.45) is 5.92 Å². The molecule has 3 aromatic rings. The number of aryl methyl sites for hydroxylation is 1. The van der Waals surface area contributed by atoms with Crippen molar-refractivity contribution in [1.82, 2.24) is 20.0 Å². The van der Waals surface area contributed by atoms with Crippen LogP contribution in [0.5, 0.6) is 0 Å². The summed E-state index contributed by atoms with van der Waals surface area (Å²) in [5.41, 5.74) is 5.25. The molecule has 1 atom stereocenters. The minimum atomic E-state index is -0.295. The number of fused-ring (bicyclic) bond motifs is 1. The number of halogens is 1. The molecule has 5 rings (SSSR count). The van der Waals surface area contributed by atoms with E-state index in [1.807, 2.05) is 40.8 Å². The zero-order valence-corrected chi connectivity index (χ0v) is 20.6. The smallest absolute Gasteiger partial charge is 0.319 e. The predicted molar refractivity (Wildman–Crippen MR) is 137 cm³/mol. The fourth-order valence-electron chi connectivity index (χ4n) is 5.18. The van der Waals surface area contributed by atoms with Gasteiger partial charge in [0.2, 0.25) is 0 Å². The Kier molecular flexibility index (Phi) is 7.02. The van der Waals surface area contributed by atoms with Crippen molar-refractivity contribution in [2.75, 3.05) is 25.0 Å². The van der Waals surface area contributed by atoms with E-state index in [4.69, 9.17) is 5.10 Å². The molecule has 2 aliphatic rings. The SMILES string of the molecule is Cc1ccc(NC(=O)NCC2CCCN(C(=O)c3nn(-c4ccc(F)cc4)c4c3CCCC4)C2)cc1. The summed E-state index contributed by atoms with van der Waals surface area (Å²) in [6.07, 6.45) is 5.61. The van der Waals surface area contributed by atoms with E-state index in [1.54, 1.807) is 12.1 Å². The first-order valence-electron chi connectivity index (χ1n) is 12.8. The lowest BCUT2D eigenvalue weighted by Gasteiger charge is -2.32. The topological polar surface area (TPSA) is 79.3 Å². The second kappa shape index (κ2) is 10.5. The lowest BCUT2D eigenvalue weighted by atomic mass is 9.94. The Balaban J connectivity index is 1.25. The average molecular weight is 490 g/mol. The van der Waals surface area contributed by atoms with Gasteiger partial charge in [-0.15, -0.1) is 0 Å². The fraction of sp³-hybridized carbons (Fsp3) is 0.393. The number of piperidine rings is 1. The molecule has 188 valence electrons. The molecular weight excluding hydrogens is 457 g/mol. The third-order valence-corrected chi connectivity index (χ3v) is 7.12. The van der Waals surface area contributed by atoms with Gasteiger partial charge in [0.05, 0.1) is 5.69 Å². The molecule has 2 N–H and O–H groups in total. The van der Waals surface area contributed by atoms with Gasteiger partial charge in [-0.25, -0.2) is 13.9 Å². The molecule has 1 aliphatic carbocycles. The van der Waals surface area contributed by atoms with E-state index in [0.717, 1.165) is 66.7 Å². The highest BCUT2D eigenvalue weighted by molar-refractivity contribution is 5.94. The minimum absolute atomic E-state index is 0.0529. The van der Waals surface area contributed by atoms with Crippen LogP contribution < -0.4 is 10.6 Å². The van der Waals surface area contributed by atoms with Gasteiger partial charge in [-0.05, 0) is 87.8 Å². The van der Waals surface area contributed by atoms with Crippen molar-refractivity contribution in [3.05, 3.63) is 76.9 Å². The van der Waals surface area contributed by atoms with Crippen molar-refractivity contribution in [3.63, 3.8) is 0 Å². The third-order valence-electron chi connectivity index (χ3n) is 7.12. The molecule has 1 aromatic heterocycles. The highest BCUT2D eigenvalue weighted by atomic mass is 19.1. The van der Waals surface area contributed by atoms with E-state index in [9.17, 15) is 14.0 Å². The highest BCUT2D eigenvalue weighted by Gasteiger charge is 2.31. The predicted octanol–water partition coefficient (Wildman–Crippen LogP) is 4.87. The number of nitrogens with one attached hydrogen (secondary N) is 2. The van der Waals surface area contributed by atoms with Gasteiger partial charge in [0.1, 0.15) is 5.82 Å². The Morgan fingerprint density at radius 1 is 1.03 bits per heavy atom. The van der Waals surface area contributed by atoms with Crippen molar-refractivity contribution < 1.29 is 14.0 Å². The molecule has 0 spiro atoms. The van der Waals surface area contributed by atoms with Crippen LogP contribution in [-0.4, -0.2) is 46.3 Å². The summed E-state index contributed by atoms with van der Waals surface area (Å²) >= 11 is 0. The molecule has 1 aliphatic heterocycles. The Labute approximate surface area is 210 Å². The number of aromatic nitrogens is 2. The molecule has 7 nitrogen and oxygen atoms in total. The maximum atomic E-state index is 13.6. The maximum Gasteiger partial charge on any atom is 0.319 e. The number of likely N-dealkylation sites (tertiary alicyclic amines) is 1. The lowest BCUT2D eigenvalue weighted by molar-refractivity contribution is 0.0667. The second-order valence-electron chi connectivity index (χ2n) is 9.83. The monoisotopic (exact) mass is 489 g/mol. The van der Waals surface area contributed by atoms with Crippen LogP contribution in [0.1, 0.15) is 53.0 Å². The van der Waals surface area contributed by atoms with Crippen molar-refractivity contribution in [1.29, 1.82) is 0 Å². The number of amides is 3. The number of carbonyl (C=O) groups excluding carboxylic acids is 2. The van der Waals surface area contributed by atoms with Gasteiger partial charge >= 0.3 is 6.03 Å². The van der Waals surface area contributed by atoms with Crippen LogP contribution >= 0.6 is 0 Å². The molecule has 0 radical (unpaired) electrons. The summed E-state index contributed by atoms with van der Waals surface area (Å²) in [6, 6.07) is 13.7. The maximum absolute atomic E-state index is 13.6. The normalized spacial score (nSPS) is 17.4. The van der Waals surface area contributed by atoms with Crippen LogP contribution in [0.25, 0.3) is 5.69 Å².